The molecule has 0 aromatic carbocycles. The molecule has 2 atom stereocenters. The third-order valence-corrected chi connectivity index (χ3v) is 16.2. The molecule has 0 aliphatic carbocycles. The van der Waals surface area contributed by atoms with Crippen LogP contribution in [-0.4, -0.2) is 47.4 Å². The summed E-state index contributed by atoms with van der Waals surface area (Å²) in [4.78, 5) is 24.5. The zero-order valence-corrected chi connectivity index (χ0v) is 52.0. The van der Waals surface area contributed by atoms with Gasteiger partial charge in [0.15, 0.2) is 0 Å². The second kappa shape index (κ2) is 66.6. The third-order valence-electron chi connectivity index (χ3n) is 16.2. The first-order valence-electron chi connectivity index (χ1n) is 34.8. The van der Waals surface area contributed by atoms with Crippen LogP contribution in [0.2, 0.25) is 0 Å². The van der Waals surface area contributed by atoms with Crippen molar-refractivity contribution in [3.63, 3.8) is 0 Å². The fourth-order valence-corrected chi connectivity index (χ4v) is 10.8. The first kappa shape index (κ1) is 75.1. The summed E-state index contributed by atoms with van der Waals surface area (Å²) in [6.07, 6.45) is 85.1. The minimum absolute atomic E-state index is 0.0157. The fourth-order valence-electron chi connectivity index (χ4n) is 10.8. The highest BCUT2D eigenvalue weighted by Gasteiger charge is 2.18. The number of hydrogen-bond donors (Lipinski definition) is 3. The number of carbonyl (C=O) groups is 2. The van der Waals surface area contributed by atoms with E-state index in [2.05, 4.69) is 43.5 Å². The van der Waals surface area contributed by atoms with Crippen LogP contribution in [0.25, 0.3) is 0 Å². The van der Waals surface area contributed by atoms with Gasteiger partial charge >= 0.3 is 5.97 Å². The quantitative estimate of drug-likeness (QED) is 0.0320. The van der Waals surface area contributed by atoms with Crippen LogP contribution in [-0.2, 0) is 14.3 Å². The second-order valence-corrected chi connectivity index (χ2v) is 23.9. The summed E-state index contributed by atoms with van der Waals surface area (Å²) in [5.74, 6) is -0.0488. The van der Waals surface area contributed by atoms with Gasteiger partial charge in [-0.25, -0.2) is 0 Å². The molecule has 0 aromatic rings. The Kier molecular flexibility index (Phi) is 64.9. The largest absolute Gasteiger partial charge is 0.466 e. The minimum atomic E-state index is -0.843. The van der Waals surface area contributed by atoms with Gasteiger partial charge in [0, 0.05) is 12.8 Å². The molecule has 0 aliphatic rings. The molecule has 0 bridgehead atoms. The normalized spacial score (nSPS) is 12.7. The maximum absolute atomic E-state index is 12.5. The van der Waals surface area contributed by atoms with Crippen LogP contribution < -0.4 is 5.32 Å². The first-order chi connectivity index (χ1) is 38.0. The Balaban J connectivity index is 3.38. The summed E-state index contributed by atoms with van der Waals surface area (Å²) in [6.45, 7) is 4.92. The van der Waals surface area contributed by atoms with Crippen molar-refractivity contribution >= 4 is 11.9 Å². The van der Waals surface area contributed by atoms with E-state index in [9.17, 15) is 19.8 Å². The predicted molar refractivity (Wildman–Crippen MR) is 338 cm³/mol. The molecule has 3 N–H and O–H groups in total. The van der Waals surface area contributed by atoms with Crippen LogP contribution >= 0.6 is 0 Å². The van der Waals surface area contributed by atoms with Crippen molar-refractivity contribution in [2.24, 2.45) is 0 Å². The van der Waals surface area contributed by atoms with Crippen LogP contribution in [0.1, 0.15) is 380 Å². The van der Waals surface area contributed by atoms with Gasteiger partial charge in [0.05, 0.1) is 25.4 Å². The van der Waals surface area contributed by atoms with Crippen LogP contribution in [0.15, 0.2) is 36.5 Å². The molecular formula is C71H135NO5. The highest BCUT2D eigenvalue weighted by Crippen LogP contribution is 2.18. The van der Waals surface area contributed by atoms with E-state index >= 15 is 0 Å². The Morgan fingerprint density at radius 1 is 0.364 bits per heavy atom. The molecule has 2 unspecified atom stereocenters. The molecule has 0 radical (unpaired) electrons. The molecule has 0 saturated carbocycles. The first-order valence-corrected chi connectivity index (χ1v) is 34.8. The van der Waals surface area contributed by atoms with Crippen molar-refractivity contribution in [1.29, 1.82) is 0 Å². The molecular weight excluding hydrogens is 947 g/mol. The van der Waals surface area contributed by atoms with Crippen LogP contribution in [0, 0.1) is 0 Å². The van der Waals surface area contributed by atoms with Crippen molar-refractivity contribution in [2.45, 2.75) is 392 Å². The molecule has 0 rings (SSSR count). The molecule has 0 aromatic heterocycles. The SMILES string of the molecule is CCCCCCCCCCCCCC/C=C/C(O)C(CO)NC(=O)CCCCCCCCCCCCCCCCCCC/C=C\C/C=C\CCCCCCCCCCCOC(=O)CCCCCCCCCCCCCCC. The number of ether oxygens (including phenoxy) is 1. The van der Waals surface area contributed by atoms with Gasteiger partial charge in [0.25, 0.3) is 0 Å². The number of amides is 1. The number of hydrogen-bond acceptors (Lipinski definition) is 5. The maximum atomic E-state index is 12.5. The van der Waals surface area contributed by atoms with Crippen molar-refractivity contribution in [2.75, 3.05) is 13.2 Å². The van der Waals surface area contributed by atoms with Gasteiger partial charge in [0.2, 0.25) is 5.91 Å². The molecule has 6 nitrogen and oxygen atoms in total. The van der Waals surface area contributed by atoms with E-state index in [4.69, 9.17) is 4.74 Å². The van der Waals surface area contributed by atoms with E-state index < -0.39 is 12.1 Å². The van der Waals surface area contributed by atoms with Crippen LogP contribution in [0.4, 0.5) is 0 Å². The van der Waals surface area contributed by atoms with E-state index in [1.54, 1.807) is 6.08 Å². The number of esters is 1. The van der Waals surface area contributed by atoms with Crippen molar-refractivity contribution in [3.05, 3.63) is 36.5 Å². The second-order valence-electron chi connectivity index (χ2n) is 23.9. The summed E-state index contributed by atoms with van der Waals surface area (Å²) in [5, 5.41) is 23.1. The van der Waals surface area contributed by atoms with Gasteiger partial charge in [-0.3, -0.25) is 9.59 Å². The Morgan fingerprint density at radius 3 is 0.987 bits per heavy atom. The van der Waals surface area contributed by atoms with Gasteiger partial charge in [-0.05, 0) is 64.2 Å². The molecule has 0 saturated heterocycles. The van der Waals surface area contributed by atoms with Gasteiger partial charge in [-0.15, -0.1) is 0 Å². The molecule has 0 spiro atoms. The molecule has 6 heteroatoms. The summed E-state index contributed by atoms with van der Waals surface area (Å²) < 4.78 is 5.48. The molecule has 0 aliphatic heterocycles. The fraction of sp³-hybridized carbons (Fsp3) is 0.887. The minimum Gasteiger partial charge on any atom is -0.466 e. The highest BCUT2D eigenvalue weighted by molar-refractivity contribution is 5.76. The van der Waals surface area contributed by atoms with E-state index in [0.717, 1.165) is 44.9 Å². The number of unbranched alkanes of at least 4 members (excludes halogenated alkanes) is 50. The summed E-state index contributed by atoms with van der Waals surface area (Å²) in [7, 11) is 0. The number of carbonyl (C=O) groups excluding carboxylic acids is 2. The van der Waals surface area contributed by atoms with E-state index in [0.29, 0.717) is 19.4 Å². The summed E-state index contributed by atoms with van der Waals surface area (Å²) >= 11 is 0. The average Bonchev–Trinajstić information content (AvgIpc) is 3.43. The van der Waals surface area contributed by atoms with Crippen molar-refractivity contribution in [3.8, 4) is 0 Å². The van der Waals surface area contributed by atoms with Crippen LogP contribution in [0.5, 0.6) is 0 Å². The van der Waals surface area contributed by atoms with Gasteiger partial charge < -0.3 is 20.3 Å². The van der Waals surface area contributed by atoms with Gasteiger partial charge in [-0.2, -0.15) is 0 Å². The molecule has 454 valence electrons. The zero-order chi connectivity index (χ0) is 55.7. The standard InChI is InChI=1S/C71H135NO5/c1-3-5-7-9-11-13-15-17-40-43-47-51-55-59-63-69(74)68(67-73)72-70(75)64-60-56-52-48-44-41-37-35-33-31-29-27-25-23-21-19-18-20-22-24-26-28-30-32-34-36-38-42-46-50-54-58-62-66-77-71(76)65-61-57-53-49-45-39-16-14-12-10-8-6-4-2/h22,24,28,30,59,63,68-69,73-74H,3-21,23,25-27,29,31-58,60-62,64-67H2,1-2H3,(H,72,75)/b24-22-,30-28-,63-59+. The van der Waals surface area contributed by atoms with E-state index in [-0.39, 0.29) is 18.5 Å². The molecule has 0 heterocycles. The number of allylic oxidation sites excluding steroid dienone is 5. The molecule has 1 amide bonds. The Hall–Kier alpha value is -1.92. The molecule has 0 fully saturated rings. The van der Waals surface area contributed by atoms with E-state index in [1.807, 2.05) is 6.08 Å². The summed E-state index contributed by atoms with van der Waals surface area (Å²) in [5.41, 5.74) is 0. The van der Waals surface area contributed by atoms with Crippen molar-refractivity contribution < 1.29 is 24.5 Å². The molecule has 77 heavy (non-hydrogen) atoms. The number of rotatable bonds is 65. The monoisotopic (exact) mass is 1080 g/mol. The smallest absolute Gasteiger partial charge is 0.305 e. The Morgan fingerprint density at radius 2 is 0.649 bits per heavy atom. The summed E-state index contributed by atoms with van der Waals surface area (Å²) in [6, 6.07) is -0.626. The van der Waals surface area contributed by atoms with Gasteiger partial charge in [0.1, 0.15) is 0 Å². The Labute approximate surface area is 481 Å². The highest BCUT2D eigenvalue weighted by atomic mass is 16.5. The zero-order valence-electron chi connectivity index (χ0n) is 52.0. The van der Waals surface area contributed by atoms with Gasteiger partial charge in [-0.1, -0.05) is 339 Å². The topological polar surface area (TPSA) is 95.9 Å². The van der Waals surface area contributed by atoms with Crippen LogP contribution in [0.3, 0.4) is 0 Å². The third kappa shape index (κ3) is 63.1. The Bertz CT molecular complexity index is 1250. The number of aliphatic hydroxyl groups is 2. The van der Waals surface area contributed by atoms with E-state index in [1.165, 1.54) is 308 Å². The number of nitrogens with one attached hydrogen (secondary N) is 1. The average molecular weight is 1080 g/mol. The number of aliphatic hydroxyl groups excluding tert-OH is 2. The maximum Gasteiger partial charge on any atom is 0.305 e. The lowest BCUT2D eigenvalue weighted by Crippen LogP contribution is -2.45. The lowest BCUT2D eigenvalue weighted by Gasteiger charge is -2.20. The predicted octanol–water partition coefficient (Wildman–Crippen LogP) is 22.3. The lowest BCUT2D eigenvalue weighted by atomic mass is 10.0. The van der Waals surface area contributed by atoms with Crippen molar-refractivity contribution in [1.82, 2.24) is 5.32 Å². The lowest BCUT2D eigenvalue weighted by molar-refractivity contribution is -0.143.